The Kier molecular flexibility index (Phi) is 6.03. The number of nitrogens with zero attached hydrogens (tertiary/aromatic N) is 1. The number of hydrogen-bond acceptors (Lipinski definition) is 3. The Morgan fingerprint density at radius 2 is 2.14 bits per heavy atom. The van der Waals surface area contributed by atoms with E-state index < -0.39 is 0 Å². The monoisotopic (exact) mass is 192 g/mol. The van der Waals surface area contributed by atoms with Crippen LogP contribution in [0.1, 0.15) is 25.0 Å². The molecule has 0 saturated heterocycles. The van der Waals surface area contributed by atoms with E-state index in [1.54, 1.807) is 12.4 Å². The molecular weight excluding hydrogens is 176 g/mol. The van der Waals surface area contributed by atoms with Crippen molar-refractivity contribution in [1.82, 2.24) is 4.98 Å². The van der Waals surface area contributed by atoms with Gasteiger partial charge in [-0.05, 0) is 18.6 Å². The minimum atomic E-state index is 0.0706. The van der Waals surface area contributed by atoms with Crippen molar-refractivity contribution in [2.75, 3.05) is 0 Å². The average Bonchev–Trinajstić information content (AvgIpc) is 2.21. The van der Waals surface area contributed by atoms with Crippen molar-refractivity contribution in [2.24, 2.45) is 0 Å². The summed E-state index contributed by atoms with van der Waals surface area (Å²) >= 11 is 0. The van der Waals surface area contributed by atoms with Crippen LogP contribution < -0.4 is 0 Å². The third-order valence-electron chi connectivity index (χ3n) is 1.34. The minimum absolute atomic E-state index is 0.0706. The van der Waals surface area contributed by atoms with E-state index in [4.69, 9.17) is 10.1 Å². The fourth-order valence-corrected chi connectivity index (χ4v) is 0.831. The highest BCUT2D eigenvalue weighted by Crippen LogP contribution is 2.02. The fraction of sp³-hybridized carbons (Fsp3) is 0.273. The number of hydrogen-bond donors (Lipinski definition) is 1. The molecule has 0 aliphatic rings. The van der Waals surface area contributed by atoms with Crippen molar-refractivity contribution in [3.8, 4) is 0 Å². The highest BCUT2D eigenvalue weighted by atomic mass is 16.5. The summed E-state index contributed by atoms with van der Waals surface area (Å²) < 4.78 is 4.79. The molecule has 0 unspecified atom stereocenters. The van der Waals surface area contributed by atoms with Crippen LogP contribution in [0, 0.1) is 12.3 Å². The van der Waals surface area contributed by atoms with E-state index in [0.717, 1.165) is 5.56 Å². The van der Waals surface area contributed by atoms with Crippen LogP contribution in [-0.4, -0.2) is 10.9 Å². The Morgan fingerprint density at radius 1 is 1.50 bits per heavy atom. The maximum Gasteiger partial charge on any atom is 0.219 e. The van der Waals surface area contributed by atoms with Crippen molar-refractivity contribution in [2.45, 2.75) is 20.8 Å². The van der Waals surface area contributed by atoms with Crippen LogP contribution in [0.5, 0.6) is 0 Å². The molecule has 0 aromatic carbocycles. The Bertz CT molecular complexity index is 308. The fourth-order valence-electron chi connectivity index (χ4n) is 0.831. The van der Waals surface area contributed by atoms with Gasteiger partial charge in [0, 0.05) is 12.4 Å². The molecule has 0 spiro atoms. The van der Waals surface area contributed by atoms with Crippen molar-refractivity contribution in [1.29, 1.82) is 5.41 Å². The zero-order valence-electron chi connectivity index (χ0n) is 8.87. The molecule has 0 aliphatic carbocycles. The standard InChI is InChI=1S/C9H10N2O.C2H6/c1-3-12-9(10)8-4-7(2)5-11-6-8;1-2/h3-6,10H,1H2,2H3;1-2H3. The molecule has 0 amide bonds. The summed E-state index contributed by atoms with van der Waals surface area (Å²) in [4.78, 5) is 3.93. The van der Waals surface area contributed by atoms with Gasteiger partial charge in [-0.3, -0.25) is 10.4 Å². The van der Waals surface area contributed by atoms with E-state index >= 15 is 0 Å². The number of ether oxygens (including phenoxy) is 1. The van der Waals surface area contributed by atoms with Gasteiger partial charge in [0.25, 0.3) is 0 Å². The first-order valence-electron chi connectivity index (χ1n) is 4.52. The van der Waals surface area contributed by atoms with Crippen LogP contribution in [0.2, 0.25) is 0 Å². The molecule has 0 fully saturated rings. The van der Waals surface area contributed by atoms with Crippen molar-refractivity contribution >= 4 is 5.90 Å². The summed E-state index contributed by atoms with van der Waals surface area (Å²) in [6.07, 6.45) is 4.54. The molecule has 14 heavy (non-hydrogen) atoms. The predicted molar refractivity (Wildman–Crippen MR) is 58.4 cm³/mol. The molecule has 1 heterocycles. The van der Waals surface area contributed by atoms with Gasteiger partial charge in [0.1, 0.15) is 0 Å². The van der Waals surface area contributed by atoms with Gasteiger partial charge in [-0.2, -0.15) is 0 Å². The highest BCUT2D eigenvalue weighted by molar-refractivity contribution is 5.91. The first kappa shape index (κ1) is 12.4. The Balaban J connectivity index is 0.000000791. The van der Waals surface area contributed by atoms with Gasteiger partial charge in [0.2, 0.25) is 5.90 Å². The second-order valence-corrected chi connectivity index (χ2v) is 2.36. The van der Waals surface area contributed by atoms with Crippen molar-refractivity contribution in [3.63, 3.8) is 0 Å². The molecule has 0 radical (unpaired) electrons. The summed E-state index contributed by atoms with van der Waals surface area (Å²) in [6, 6.07) is 1.83. The lowest BCUT2D eigenvalue weighted by molar-refractivity contribution is 0.471. The summed E-state index contributed by atoms with van der Waals surface area (Å²) in [7, 11) is 0. The van der Waals surface area contributed by atoms with E-state index in [1.165, 1.54) is 6.26 Å². The molecule has 0 atom stereocenters. The van der Waals surface area contributed by atoms with Gasteiger partial charge in [0.15, 0.2) is 0 Å². The highest BCUT2D eigenvalue weighted by Gasteiger charge is 2.00. The van der Waals surface area contributed by atoms with E-state index in [2.05, 4.69) is 11.6 Å². The third kappa shape index (κ3) is 3.85. The van der Waals surface area contributed by atoms with Gasteiger partial charge in [-0.25, -0.2) is 0 Å². The number of pyridine rings is 1. The third-order valence-corrected chi connectivity index (χ3v) is 1.34. The molecule has 3 nitrogen and oxygen atoms in total. The SMILES string of the molecule is C=COC(=N)c1cncc(C)c1.CC. The smallest absolute Gasteiger partial charge is 0.219 e. The second-order valence-electron chi connectivity index (χ2n) is 2.36. The van der Waals surface area contributed by atoms with Gasteiger partial charge < -0.3 is 4.74 Å². The van der Waals surface area contributed by atoms with Crippen LogP contribution in [0.3, 0.4) is 0 Å². The lowest BCUT2D eigenvalue weighted by Gasteiger charge is -2.01. The average molecular weight is 192 g/mol. The van der Waals surface area contributed by atoms with E-state index in [-0.39, 0.29) is 5.90 Å². The Hall–Kier alpha value is -1.64. The summed E-state index contributed by atoms with van der Waals surface area (Å²) in [6.45, 7) is 9.28. The van der Waals surface area contributed by atoms with Crippen LogP contribution in [0.4, 0.5) is 0 Å². The van der Waals surface area contributed by atoms with Crippen molar-refractivity contribution in [3.05, 3.63) is 42.4 Å². The maximum absolute atomic E-state index is 7.39. The van der Waals surface area contributed by atoms with Gasteiger partial charge in [-0.1, -0.05) is 20.4 Å². The molecule has 1 aromatic heterocycles. The van der Waals surface area contributed by atoms with E-state index in [9.17, 15) is 0 Å². The van der Waals surface area contributed by atoms with E-state index in [0.29, 0.717) is 5.56 Å². The molecule has 0 saturated carbocycles. The first-order chi connectivity index (χ1) is 6.74. The zero-order valence-corrected chi connectivity index (χ0v) is 8.87. The summed E-state index contributed by atoms with van der Waals surface area (Å²) in [5.74, 6) is 0.0706. The lowest BCUT2D eigenvalue weighted by Crippen LogP contribution is -2.01. The number of aromatic nitrogens is 1. The summed E-state index contributed by atoms with van der Waals surface area (Å²) in [5.41, 5.74) is 1.67. The number of nitrogens with one attached hydrogen (secondary N) is 1. The maximum atomic E-state index is 7.39. The van der Waals surface area contributed by atoms with Crippen LogP contribution in [0.25, 0.3) is 0 Å². The molecule has 1 rings (SSSR count). The minimum Gasteiger partial charge on any atom is -0.447 e. The molecule has 1 N–H and O–H groups in total. The quantitative estimate of drug-likeness (QED) is 0.445. The van der Waals surface area contributed by atoms with Gasteiger partial charge in [-0.15, -0.1) is 0 Å². The zero-order chi connectivity index (χ0) is 11.0. The Labute approximate surface area is 85.0 Å². The number of aryl methyl sites for hydroxylation is 1. The number of rotatable bonds is 2. The molecule has 3 heteroatoms. The Morgan fingerprint density at radius 3 is 2.64 bits per heavy atom. The second kappa shape index (κ2) is 6.83. The van der Waals surface area contributed by atoms with Crippen molar-refractivity contribution < 1.29 is 4.74 Å². The van der Waals surface area contributed by atoms with Gasteiger partial charge in [0.05, 0.1) is 11.8 Å². The molecule has 0 aliphatic heterocycles. The summed E-state index contributed by atoms with van der Waals surface area (Å²) in [5, 5.41) is 7.39. The normalized spacial score (nSPS) is 8.21. The van der Waals surface area contributed by atoms with Crippen LogP contribution in [0.15, 0.2) is 31.3 Å². The molecule has 76 valence electrons. The molecule has 1 aromatic rings. The topological polar surface area (TPSA) is 46.0 Å². The molecule has 0 bridgehead atoms. The lowest BCUT2D eigenvalue weighted by atomic mass is 10.2. The first-order valence-corrected chi connectivity index (χ1v) is 4.52. The van der Waals surface area contributed by atoms with Crippen LogP contribution in [-0.2, 0) is 4.74 Å². The van der Waals surface area contributed by atoms with Crippen LogP contribution >= 0.6 is 0 Å². The van der Waals surface area contributed by atoms with E-state index in [1.807, 2.05) is 26.8 Å². The van der Waals surface area contributed by atoms with Gasteiger partial charge >= 0.3 is 0 Å². The molecular formula is C11H16N2O. The largest absolute Gasteiger partial charge is 0.447 e. The predicted octanol–water partition coefficient (Wildman–Crippen LogP) is 2.90.